The molecule has 0 aliphatic rings. The van der Waals surface area contributed by atoms with E-state index in [4.69, 9.17) is 21.4 Å². The van der Waals surface area contributed by atoms with Gasteiger partial charge in [-0.05, 0) is 25.5 Å². The molecular formula is C14H19ClN2O4. The number of carbonyl (C=O) groups excluding carboxylic acids is 1. The minimum absolute atomic E-state index is 0.0371. The lowest BCUT2D eigenvalue weighted by atomic mass is 9.88. The molecule has 0 aromatic heterocycles. The number of nitrogens with one attached hydrogen (secondary N) is 2. The van der Waals surface area contributed by atoms with E-state index >= 15 is 0 Å². The Morgan fingerprint density at radius 1 is 1.43 bits per heavy atom. The summed E-state index contributed by atoms with van der Waals surface area (Å²) in [6, 6.07) is 4.32. The first-order valence-corrected chi connectivity index (χ1v) is 6.82. The molecular weight excluding hydrogens is 296 g/mol. The van der Waals surface area contributed by atoms with Gasteiger partial charge in [0.25, 0.3) is 0 Å². The molecule has 6 nitrogen and oxygen atoms in total. The van der Waals surface area contributed by atoms with Crippen molar-refractivity contribution in [1.29, 1.82) is 0 Å². The van der Waals surface area contributed by atoms with Gasteiger partial charge in [-0.1, -0.05) is 18.5 Å². The van der Waals surface area contributed by atoms with E-state index in [0.29, 0.717) is 22.9 Å². The van der Waals surface area contributed by atoms with Gasteiger partial charge in [-0.25, -0.2) is 4.79 Å². The molecule has 7 heteroatoms. The van der Waals surface area contributed by atoms with E-state index in [9.17, 15) is 9.59 Å². The number of ether oxygens (including phenoxy) is 1. The minimum atomic E-state index is -0.991. The van der Waals surface area contributed by atoms with Crippen LogP contribution in [0.3, 0.4) is 0 Å². The Kier molecular flexibility index (Phi) is 5.84. The number of amides is 2. The highest BCUT2D eigenvalue weighted by molar-refractivity contribution is 6.32. The summed E-state index contributed by atoms with van der Waals surface area (Å²) in [5.74, 6) is -0.503. The van der Waals surface area contributed by atoms with Crippen LogP contribution >= 0.6 is 11.6 Å². The molecule has 1 rings (SSSR count). The summed E-state index contributed by atoms with van der Waals surface area (Å²) in [5.41, 5.74) is -0.489. The quantitative estimate of drug-likeness (QED) is 0.753. The third kappa shape index (κ3) is 4.53. The van der Waals surface area contributed by atoms with E-state index in [0.717, 1.165) is 0 Å². The lowest BCUT2D eigenvalue weighted by Gasteiger charge is -2.23. The highest BCUT2D eigenvalue weighted by Crippen LogP contribution is 2.27. The number of carbonyl (C=O) groups is 2. The van der Waals surface area contributed by atoms with Crippen LogP contribution in [0, 0.1) is 5.41 Å². The molecule has 0 saturated carbocycles. The molecule has 0 heterocycles. The average molecular weight is 315 g/mol. The third-order valence-electron chi connectivity index (χ3n) is 3.34. The molecule has 2 amide bonds. The van der Waals surface area contributed by atoms with Crippen molar-refractivity contribution in [1.82, 2.24) is 5.32 Å². The number of hydrogen-bond donors (Lipinski definition) is 3. The fourth-order valence-corrected chi connectivity index (χ4v) is 1.73. The van der Waals surface area contributed by atoms with Crippen molar-refractivity contribution in [3.8, 4) is 5.75 Å². The first-order chi connectivity index (χ1) is 9.82. The second kappa shape index (κ2) is 7.17. The van der Waals surface area contributed by atoms with Gasteiger partial charge in [-0.15, -0.1) is 0 Å². The Morgan fingerprint density at radius 3 is 2.62 bits per heavy atom. The fourth-order valence-electron chi connectivity index (χ4n) is 1.54. The number of rotatable bonds is 6. The molecule has 1 unspecified atom stereocenters. The van der Waals surface area contributed by atoms with Gasteiger partial charge in [-0.2, -0.15) is 0 Å². The minimum Gasteiger partial charge on any atom is -0.495 e. The predicted molar refractivity (Wildman–Crippen MR) is 81.1 cm³/mol. The van der Waals surface area contributed by atoms with E-state index in [1.165, 1.54) is 7.11 Å². The summed E-state index contributed by atoms with van der Waals surface area (Å²) in [6.45, 7) is 3.38. The molecule has 116 valence electrons. The normalized spacial score (nSPS) is 13.1. The molecule has 21 heavy (non-hydrogen) atoms. The summed E-state index contributed by atoms with van der Waals surface area (Å²) < 4.78 is 5.05. The van der Waals surface area contributed by atoms with Gasteiger partial charge >= 0.3 is 12.0 Å². The average Bonchev–Trinajstić information content (AvgIpc) is 2.46. The number of carboxylic acids is 1. The van der Waals surface area contributed by atoms with Crippen LogP contribution < -0.4 is 15.4 Å². The number of hydrogen-bond acceptors (Lipinski definition) is 3. The monoisotopic (exact) mass is 314 g/mol. The van der Waals surface area contributed by atoms with Crippen LogP contribution in [0.15, 0.2) is 18.2 Å². The molecule has 0 bridgehead atoms. The van der Waals surface area contributed by atoms with Crippen molar-refractivity contribution >= 4 is 29.3 Å². The van der Waals surface area contributed by atoms with Crippen molar-refractivity contribution in [2.45, 2.75) is 20.3 Å². The molecule has 1 aromatic carbocycles. The largest absolute Gasteiger partial charge is 0.495 e. The van der Waals surface area contributed by atoms with Crippen LogP contribution in [0.25, 0.3) is 0 Å². The number of halogens is 1. The Morgan fingerprint density at radius 2 is 2.10 bits per heavy atom. The molecule has 1 atom stereocenters. The topological polar surface area (TPSA) is 87.7 Å². The molecule has 0 aliphatic carbocycles. The smallest absolute Gasteiger partial charge is 0.319 e. The van der Waals surface area contributed by atoms with E-state index in [1.54, 1.807) is 32.0 Å². The zero-order chi connectivity index (χ0) is 16.0. The van der Waals surface area contributed by atoms with Crippen molar-refractivity contribution in [3.63, 3.8) is 0 Å². The molecule has 0 aliphatic heterocycles. The molecule has 0 spiro atoms. The van der Waals surface area contributed by atoms with Gasteiger partial charge < -0.3 is 20.5 Å². The van der Waals surface area contributed by atoms with Crippen LogP contribution in [-0.2, 0) is 4.79 Å². The van der Waals surface area contributed by atoms with Gasteiger partial charge in [0.1, 0.15) is 5.75 Å². The summed E-state index contributed by atoms with van der Waals surface area (Å²) in [6.07, 6.45) is 0.414. The van der Waals surface area contributed by atoms with Crippen LogP contribution in [0.4, 0.5) is 10.5 Å². The van der Waals surface area contributed by atoms with E-state index in [1.807, 2.05) is 0 Å². The number of methoxy groups -OCH3 is 1. The van der Waals surface area contributed by atoms with E-state index < -0.39 is 17.4 Å². The Balaban J connectivity index is 2.64. The van der Waals surface area contributed by atoms with Crippen molar-refractivity contribution in [2.75, 3.05) is 19.0 Å². The second-order valence-electron chi connectivity index (χ2n) is 4.88. The summed E-state index contributed by atoms with van der Waals surface area (Å²) in [5, 5.41) is 14.7. The second-order valence-corrected chi connectivity index (χ2v) is 5.28. The maximum atomic E-state index is 11.8. The number of carboxylic acid groups (broad SMARTS) is 1. The Bertz CT molecular complexity index is 536. The maximum absolute atomic E-state index is 11.8. The summed E-state index contributed by atoms with van der Waals surface area (Å²) in [7, 11) is 1.48. The number of benzene rings is 1. The zero-order valence-electron chi connectivity index (χ0n) is 12.2. The fraction of sp³-hybridized carbons (Fsp3) is 0.429. The standard InChI is InChI=1S/C14H19ClN2O4/c1-4-14(2,12(18)19)8-16-13(20)17-9-5-6-10(15)11(7-9)21-3/h5-7H,4,8H2,1-3H3,(H,18,19)(H2,16,17,20). The third-order valence-corrected chi connectivity index (χ3v) is 3.66. The molecule has 0 saturated heterocycles. The van der Waals surface area contributed by atoms with Crippen molar-refractivity contribution < 1.29 is 19.4 Å². The van der Waals surface area contributed by atoms with Gasteiger partial charge in [0.05, 0.1) is 17.5 Å². The number of anilines is 1. The summed E-state index contributed by atoms with van der Waals surface area (Å²) >= 11 is 5.89. The van der Waals surface area contributed by atoms with Crippen LogP contribution in [0.1, 0.15) is 20.3 Å². The number of urea groups is 1. The first kappa shape index (κ1) is 17.1. The lowest BCUT2D eigenvalue weighted by molar-refractivity contribution is -0.147. The van der Waals surface area contributed by atoms with Gasteiger partial charge in [0, 0.05) is 18.3 Å². The first-order valence-electron chi connectivity index (χ1n) is 6.44. The number of aliphatic carboxylic acids is 1. The molecule has 0 radical (unpaired) electrons. The molecule has 3 N–H and O–H groups in total. The van der Waals surface area contributed by atoms with Gasteiger partial charge in [0.15, 0.2) is 0 Å². The zero-order valence-corrected chi connectivity index (χ0v) is 13.0. The van der Waals surface area contributed by atoms with E-state index in [-0.39, 0.29) is 6.54 Å². The lowest BCUT2D eigenvalue weighted by Crippen LogP contribution is -2.42. The highest BCUT2D eigenvalue weighted by atomic mass is 35.5. The van der Waals surface area contributed by atoms with E-state index in [2.05, 4.69) is 10.6 Å². The van der Waals surface area contributed by atoms with Crippen LogP contribution in [0.2, 0.25) is 5.02 Å². The predicted octanol–water partition coefficient (Wildman–Crippen LogP) is 2.97. The van der Waals surface area contributed by atoms with Crippen molar-refractivity contribution in [3.05, 3.63) is 23.2 Å². The maximum Gasteiger partial charge on any atom is 0.319 e. The molecule has 0 fully saturated rings. The van der Waals surface area contributed by atoms with Crippen LogP contribution in [0.5, 0.6) is 5.75 Å². The van der Waals surface area contributed by atoms with Crippen molar-refractivity contribution in [2.24, 2.45) is 5.41 Å². The Hall–Kier alpha value is -1.95. The Labute approximate surface area is 128 Å². The summed E-state index contributed by atoms with van der Waals surface area (Å²) in [4.78, 5) is 22.9. The SMILES string of the molecule is CCC(C)(CNC(=O)Nc1ccc(Cl)c(OC)c1)C(=O)O. The van der Waals surface area contributed by atoms with Crippen LogP contribution in [-0.4, -0.2) is 30.8 Å². The van der Waals surface area contributed by atoms with Gasteiger partial charge in [-0.3, -0.25) is 4.79 Å². The molecule has 1 aromatic rings. The van der Waals surface area contributed by atoms with Gasteiger partial charge in [0.2, 0.25) is 0 Å². The highest BCUT2D eigenvalue weighted by Gasteiger charge is 2.31.